The minimum Gasteiger partial charge on any atom is -0.468 e. The highest BCUT2D eigenvalue weighted by Gasteiger charge is 2.45. The van der Waals surface area contributed by atoms with Crippen molar-refractivity contribution < 1.29 is 14.3 Å². The molecule has 134 valence electrons. The monoisotopic (exact) mass is 357 g/mol. The quantitative estimate of drug-likeness (QED) is 0.655. The summed E-state index contributed by atoms with van der Waals surface area (Å²) in [6.07, 6.45) is 0. The summed E-state index contributed by atoms with van der Waals surface area (Å²) in [5, 5.41) is 0. The molecule has 3 aromatic carbocycles. The van der Waals surface area contributed by atoms with E-state index in [0.717, 1.165) is 11.3 Å². The summed E-state index contributed by atoms with van der Waals surface area (Å²) >= 11 is 0. The van der Waals surface area contributed by atoms with Crippen molar-refractivity contribution in [3.63, 3.8) is 0 Å². The van der Waals surface area contributed by atoms with Gasteiger partial charge in [-0.25, -0.2) is 0 Å². The predicted molar refractivity (Wildman–Crippen MR) is 104 cm³/mol. The number of benzene rings is 3. The van der Waals surface area contributed by atoms with Crippen LogP contribution < -0.4 is 4.90 Å². The fourth-order valence-corrected chi connectivity index (χ4v) is 3.78. The van der Waals surface area contributed by atoms with Gasteiger partial charge >= 0.3 is 5.97 Å². The summed E-state index contributed by atoms with van der Waals surface area (Å²) in [6.45, 7) is 0. The lowest BCUT2D eigenvalue weighted by molar-refractivity contribution is -0.143. The molecule has 0 N–H and O–H groups in total. The van der Waals surface area contributed by atoms with Crippen LogP contribution >= 0.6 is 0 Å². The van der Waals surface area contributed by atoms with Gasteiger partial charge in [-0.3, -0.25) is 14.5 Å². The number of nitrogens with zero attached hydrogens (tertiary/aromatic N) is 1. The Labute approximate surface area is 158 Å². The molecule has 4 rings (SSSR count). The SMILES string of the molecule is COC(=O)[C@H]1c2ccccc2C(=O)N(c2ccccc2)[C@H]1c1ccccc1. The third kappa shape index (κ3) is 2.89. The lowest BCUT2D eigenvalue weighted by Gasteiger charge is -2.41. The molecular weight excluding hydrogens is 338 g/mol. The van der Waals surface area contributed by atoms with Gasteiger partial charge < -0.3 is 4.74 Å². The molecule has 0 bridgehead atoms. The van der Waals surface area contributed by atoms with Crippen molar-refractivity contribution in [3.05, 3.63) is 102 Å². The molecule has 1 aliphatic rings. The van der Waals surface area contributed by atoms with Crippen molar-refractivity contribution in [2.24, 2.45) is 0 Å². The van der Waals surface area contributed by atoms with E-state index in [9.17, 15) is 9.59 Å². The van der Waals surface area contributed by atoms with Gasteiger partial charge in [0, 0.05) is 11.3 Å². The first kappa shape index (κ1) is 17.0. The molecular formula is C23H19NO3. The van der Waals surface area contributed by atoms with Gasteiger partial charge in [0.25, 0.3) is 5.91 Å². The number of carbonyl (C=O) groups is 2. The van der Waals surface area contributed by atoms with Crippen molar-refractivity contribution in [2.75, 3.05) is 12.0 Å². The van der Waals surface area contributed by atoms with Crippen LogP contribution in [0.1, 0.15) is 33.4 Å². The van der Waals surface area contributed by atoms with Crippen molar-refractivity contribution in [1.82, 2.24) is 0 Å². The number of esters is 1. The van der Waals surface area contributed by atoms with E-state index in [0.29, 0.717) is 11.1 Å². The highest BCUT2D eigenvalue weighted by atomic mass is 16.5. The molecule has 0 spiro atoms. The van der Waals surface area contributed by atoms with E-state index in [4.69, 9.17) is 4.74 Å². The van der Waals surface area contributed by atoms with Gasteiger partial charge in [0.1, 0.15) is 5.92 Å². The van der Waals surface area contributed by atoms with Crippen LogP contribution in [0.15, 0.2) is 84.9 Å². The smallest absolute Gasteiger partial charge is 0.315 e. The molecule has 1 aliphatic heterocycles. The van der Waals surface area contributed by atoms with Crippen LogP contribution in [-0.4, -0.2) is 19.0 Å². The van der Waals surface area contributed by atoms with Gasteiger partial charge in [-0.1, -0.05) is 66.7 Å². The maximum atomic E-state index is 13.4. The maximum Gasteiger partial charge on any atom is 0.315 e. The van der Waals surface area contributed by atoms with E-state index in [1.165, 1.54) is 7.11 Å². The van der Waals surface area contributed by atoms with Crippen molar-refractivity contribution in [3.8, 4) is 0 Å². The highest BCUT2D eigenvalue weighted by Crippen LogP contribution is 2.45. The number of methoxy groups -OCH3 is 1. The second-order valence-corrected chi connectivity index (χ2v) is 6.45. The van der Waals surface area contributed by atoms with Crippen LogP contribution in [-0.2, 0) is 9.53 Å². The second-order valence-electron chi connectivity index (χ2n) is 6.45. The fourth-order valence-electron chi connectivity index (χ4n) is 3.78. The molecule has 0 saturated carbocycles. The topological polar surface area (TPSA) is 46.6 Å². The number of hydrogen-bond donors (Lipinski definition) is 0. The van der Waals surface area contributed by atoms with Gasteiger partial charge in [-0.2, -0.15) is 0 Å². The molecule has 0 aromatic heterocycles. The van der Waals surface area contributed by atoms with E-state index >= 15 is 0 Å². The van der Waals surface area contributed by atoms with E-state index in [-0.39, 0.29) is 11.9 Å². The first-order valence-corrected chi connectivity index (χ1v) is 8.82. The summed E-state index contributed by atoms with van der Waals surface area (Å²) in [6, 6.07) is 25.9. The summed E-state index contributed by atoms with van der Waals surface area (Å²) in [7, 11) is 1.39. The third-order valence-corrected chi connectivity index (χ3v) is 4.97. The second kappa shape index (κ2) is 7.08. The van der Waals surface area contributed by atoms with Gasteiger partial charge in [0.15, 0.2) is 0 Å². The van der Waals surface area contributed by atoms with Gasteiger partial charge in [0.05, 0.1) is 13.2 Å². The Morgan fingerprint density at radius 2 is 1.44 bits per heavy atom. The van der Waals surface area contributed by atoms with Crippen molar-refractivity contribution in [1.29, 1.82) is 0 Å². The molecule has 0 radical (unpaired) electrons. The van der Waals surface area contributed by atoms with Crippen LogP contribution in [0.5, 0.6) is 0 Å². The molecule has 1 heterocycles. The molecule has 1 amide bonds. The molecule has 0 fully saturated rings. The molecule has 0 unspecified atom stereocenters. The summed E-state index contributed by atoms with van der Waals surface area (Å²) < 4.78 is 5.14. The average Bonchev–Trinajstić information content (AvgIpc) is 2.74. The van der Waals surface area contributed by atoms with Gasteiger partial charge in [-0.05, 0) is 29.3 Å². The standard InChI is InChI=1S/C23H19NO3/c1-27-23(26)20-18-14-8-9-15-19(18)22(25)24(17-12-6-3-7-13-17)21(20)16-10-4-2-5-11-16/h2-15,20-21H,1H3/t20-,21-/m0/s1. The molecule has 4 heteroatoms. The number of anilines is 1. The normalized spacial score (nSPS) is 18.7. The number of rotatable bonds is 3. The minimum atomic E-state index is -0.605. The zero-order valence-corrected chi connectivity index (χ0v) is 14.9. The van der Waals surface area contributed by atoms with Crippen LogP contribution in [0.25, 0.3) is 0 Å². The Balaban J connectivity index is 1.99. The van der Waals surface area contributed by atoms with Gasteiger partial charge in [-0.15, -0.1) is 0 Å². The minimum absolute atomic E-state index is 0.120. The third-order valence-electron chi connectivity index (χ3n) is 4.97. The Kier molecular flexibility index (Phi) is 4.47. The lowest BCUT2D eigenvalue weighted by Crippen LogP contribution is -2.45. The Hall–Kier alpha value is -3.40. The largest absolute Gasteiger partial charge is 0.468 e. The molecule has 4 nitrogen and oxygen atoms in total. The number of ether oxygens (including phenoxy) is 1. The van der Waals surface area contributed by atoms with E-state index in [1.807, 2.05) is 78.9 Å². The molecule has 3 aromatic rings. The maximum absolute atomic E-state index is 13.4. The number of hydrogen-bond acceptors (Lipinski definition) is 3. The van der Waals surface area contributed by atoms with Crippen molar-refractivity contribution >= 4 is 17.6 Å². The van der Waals surface area contributed by atoms with Gasteiger partial charge in [0.2, 0.25) is 0 Å². The molecule has 0 saturated heterocycles. The summed E-state index contributed by atoms with van der Waals surface area (Å²) in [4.78, 5) is 28.0. The van der Waals surface area contributed by atoms with E-state index in [2.05, 4.69) is 0 Å². The molecule has 27 heavy (non-hydrogen) atoms. The van der Waals surface area contributed by atoms with E-state index in [1.54, 1.807) is 11.0 Å². The zero-order valence-electron chi connectivity index (χ0n) is 14.9. The van der Waals surface area contributed by atoms with Crippen LogP contribution in [0.4, 0.5) is 5.69 Å². The number of para-hydroxylation sites is 1. The number of fused-ring (bicyclic) bond motifs is 1. The van der Waals surface area contributed by atoms with E-state index < -0.39 is 12.0 Å². The summed E-state index contributed by atoms with van der Waals surface area (Å²) in [5.41, 5.74) is 2.87. The predicted octanol–water partition coefficient (Wildman–Crippen LogP) is 4.34. The Bertz CT molecular complexity index is 969. The highest BCUT2D eigenvalue weighted by molar-refractivity contribution is 6.11. The number of amides is 1. The number of carbonyl (C=O) groups excluding carboxylic acids is 2. The Morgan fingerprint density at radius 1 is 0.852 bits per heavy atom. The first-order valence-electron chi connectivity index (χ1n) is 8.82. The molecule has 0 aliphatic carbocycles. The van der Waals surface area contributed by atoms with Crippen LogP contribution in [0.3, 0.4) is 0 Å². The zero-order chi connectivity index (χ0) is 18.8. The first-order chi connectivity index (χ1) is 13.2. The van der Waals surface area contributed by atoms with Crippen LogP contribution in [0, 0.1) is 0 Å². The lowest BCUT2D eigenvalue weighted by atomic mass is 9.79. The van der Waals surface area contributed by atoms with Crippen LogP contribution in [0.2, 0.25) is 0 Å². The Morgan fingerprint density at radius 3 is 2.11 bits per heavy atom. The fraction of sp³-hybridized carbons (Fsp3) is 0.130. The molecule has 2 atom stereocenters. The van der Waals surface area contributed by atoms with Crippen molar-refractivity contribution in [2.45, 2.75) is 12.0 Å². The summed E-state index contributed by atoms with van der Waals surface area (Å²) in [5.74, 6) is -1.08. The average molecular weight is 357 g/mol.